The lowest BCUT2D eigenvalue weighted by molar-refractivity contribution is -0.137. The number of hydrogen-bond donors (Lipinski definition) is 1. The van der Waals surface area contributed by atoms with Crippen molar-refractivity contribution in [2.75, 3.05) is 33.7 Å². The molecule has 0 aromatic heterocycles. The lowest BCUT2D eigenvalue weighted by Crippen LogP contribution is -2.41. The van der Waals surface area contributed by atoms with Crippen LogP contribution >= 0.6 is 24.0 Å². The molecule has 0 radical (unpaired) electrons. The maximum Gasteiger partial charge on any atom is 0.416 e. The summed E-state index contributed by atoms with van der Waals surface area (Å²) in [4.78, 5) is 8.83. The van der Waals surface area contributed by atoms with Crippen molar-refractivity contribution in [2.24, 2.45) is 10.9 Å². The highest BCUT2D eigenvalue weighted by Crippen LogP contribution is 2.31. The molecule has 1 atom stereocenters. The van der Waals surface area contributed by atoms with E-state index in [1.807, 2.05) is 11.9 Å². The predicted molar refractivity (Wildman–Crippen MR) is 112 cm³/mol. The van der Waals surface area contributed by atoms with Crippen LogP contribution in [-0.2, 0) is 12.7 Å². The normalized spacial score (nSPS) is 21.1. The summed E-state index contributed by atoms with van der Waals surface area (Å²) in [5.74, 6) is 1.40. The smallest absolute Gasteiger partial charge is 0.356 e. The molecule has 8 heteroatoms. The zero-order chi connectivity index (χ0) is 18.7. The Morgan fingerprint density at radius 3 is 2.44 bits per heavy atom. The van der Waals surface area contributed by atoms with Crippen LogP contribution in [0.25, 0.3) is 0 Å². The number of likely N-dealkylation sites (tertiary alicyclic amines) is 1. The maximum absolute atomic E-state index is 12.7. The third-order valence-electron chi connectivity index (χ3n) is 5.20. The first-order chi connectivity index (χ1) is 12.4. The van der Waals surface area contributed by atoms with E-state index in [0.717, 1.165) is 42.8 Å². The minimum absolute atomic E-state index is 0. The quantitative estimate of drug-likeness (QED) is 0.382. The van der Waals surface area contributed by atoms with Gasteiger partial charge in [-0.15, -0.1) is 24.0 Å². The van der Waals surface area contributed by atoms with Crippen LogP contribution in [0.5, 0.6) is 0 Å². The van der Waals surface area contributed by atoms with Crippen LogP contribution in [0.3, 0.4) is 0 Å². The molecule has 4 nitrogen and oxygen atoms in total. The molecule has 1 heterocycles. The molecule has 152 valence electrons. The van der Waals surface area contributed by atoms with E-state index >= 15 is 0 Å². The van der Waals surface area contributed by atoms with Gasteiger partial charge in [0.1, 0.15) is 0 Å². The van der Waals surface area contributed by atoms with Crippen molar-refractivity contribution in [1.82, 2.24) is 15.1 Å². The van der Waals surface area contributed by atoms with Crippen molar-refractivity contribution in [1.29, 1.82) is 0 Å². The number of nitrogens with one attached hydrogen (secondary N) is 1. The van der Waals surface area contributed by atoms with Gasteiger partial charge in [-0.1, -0.05) is 12.1 Å². The molecule has 1 unspecified atom stereocenters. The molecule has 1 aromatic carbocycles. The van der Waals surface area contributed by atoms with Crippen molar-refractivity contribution >= 4 is 29.9 Å². The Morgan fingerprint density at radius 2 is 1.89 bits per heavy atom. The van der Waals surface area contributed by atoms with Gasteiger partial charge < -0.3 is 15.1 Å². The van der Waals surface area contributed by atoms with Crippen molar-refractivity contribution in [3.8, 4) is 0 Å². The molecule has 0 bridgehead atoms. The second-order valence-corrected chi connectivity index (χ2v) is 7.36. The predicted octanol–water partition coefficient (Wildman–Crippen LogP) is 3.81. The summed E-state index contributed by atoms with van der Waals surface area (Å²) in [5, 5.41) is 3.42. The number of rotatable bonds is 5. The van der Waals surface area contributed by atoms with Gasteiger partial charge in [0.2, 0.25) is 0 Å². The second kappa shape index (κ2) is 9.45. The minimum atomic E-state index is -4.29. The van der Waals surface area contributed by atoms with Crippen molar-refractivity contribution in [3.63, 3.8) is 0 Å². The van der Waals surface area contributed by atoms with Crippen molar-refractivity contribution in [3.05, 3.63) is 35.4 Å². The van der Waals surface area contributed by atoms with E-state index < -0.39 is 11.7 Å². The highest BCUT2D eigenvalue weighted by molar-refractivity contribution is 14.0. The summed E-state index contributed by atoms with van der Waals surface area (Å²) in [6, 6.07) is 6.13. The number of aliphatic imine (C=N–C) groups is 1. The van der Waals surface area contributed by atoms with E-state index in [4.69, 9.17) is 0 Å². The summed E-state index contributed by atoms with van der Waals surface area (Å²) < 4.78 is 38.0. The molecule has 1 aromatic rings. The summed E-state index contributed by atoms with van der Waals surface area (Å²) in [7, 11) is 3.63. The largest absolute Gasteiger partial charge is 0.416 e. The third-order valence-corrected chi connectivity index (χ3v) is 5.20. The van der Waals surface area contributed by atoms with Crippen LogP contribution in [-0.4, -0.2) is 55.5 Å². The van der Waals surface area contributed by atoms with Gasteiger partial charge >= 0.3 is 6.18 Å². The molecule has 0 amide bonds. The fraction of sp³-hybridized carbons (Fsp3) is 0.632. The van der Waals surface area contributed by atoms with Gasteiger partial charge in [0.25, 0.3) is 0 Å². The molecule has 2 fully saturated rings. The molecule has 3 rings (SSSR count). The molecule has 27 heavy (non-hydrogen) atoms. The Labute approximate surface area is 176 Å². The van der Waals surface area contributed by atoms with Crippen LogP contribution < -0.4 is 5.32 Å². The zero-order valence-corrected chi connectivity index (χ0v) is 18.1. The van der Waals surface area contributed by atoms with E-state index in [1.54, 1.807) is 7.05 Å². The standard InChI is InChI=1S/C19H27F3N4.HI/c1-23-18(24-11-15-9-10-26(13-15)17-7-8-17)25(2)12-14-3-5-16(6-4-14)19(20,21)22;/h3-6,15,17H,7-13H2,1-2H3,(H,23,24);1H. The second-order valence-electron chi connectivity index (χ2n) is 7.36. The first-order valence-electron chi connectivity index (χ1n) is 9.19. The van der Waals surface area contributed by atoms with Gasteiger partial charge in [-0.25, -0.2) is 0 Å². The first-order valence-corrected chi connectivity index (χ1v) is 9.19. The van der Waals surface area contributed by atoms with Crippen molar-refractivity contribution < 1.29 is 13.2 Å². The Kier molecular flexibility index (Phi) is 7.79. The summed E-state index contributed by atoms with van der Waals surface area (Å²) in [6.45, 7) is 3.73. The molecule has 1 N–H and O–H groups in total. The van der Waals surface area contributed by atoms with E-state index in [1.165, 1.54) is 37.9 Å². The minimum Gasteiger partial charge on any atom is -0.356 e. The van der Waals surface area contributed by atoms with Crippen LogP contribution in [0.15, 0.2) is 29.3 Å². The number of halogens is 4. The molecule has 1 saturated carbocycles. The van der Waals surface area contributed by atoms with Gasteiger partial charge in [0.05, 0.1) is 5.56 Å². The topological polar surface area (TPSA) is 30.9 Å². The SMILES string of the molecule is CN=C(NCC1CCN(C2CC2)C1)N(C)Cc1ccc(C(F)(F)F)cc1.I. The lowest BCUT2D eigenvalue weighted by Gasteiger charge is -2.24. The van der Waals surface area contributed by atoms with Crippen LogP contribution in [0.4, 0.5) is 13.2 Å². The molecular weight excluding hydrogens is 468 g/mol. The number of nitrogens with zero attached hydrogens (tertiary/aromatic N) is 3. The van der Waals surface area contributed by atoms with E-state index in [-0.39, 0.29) is 24.0 Å². The van der Waals surface area contributed by atoms with Crippen molar-refractivity contribution in [2.45, 2.75) is 38.0 Å². The van der Waals surface area contributed by atoms with Crippen LogP contribution in [0.2, 0.25) is 0 Å². The van der Waals surface area contributed by atoms with Gasteiger partial charge in [-0.05, 0) is 49.4 Å². The fourth-order valence-corrected chi connectivity index (χ4v) is 3.57. The highest BCUT2D eigenvalue weighted by atomic mass is 127. The Bertz CT molecular complexity index is 629. The highest BCUT2D eigenvalue weighted by Gasteiger charge is 2.34. The molecule has 1 saturated heterocycles. The van der Waals surface area contributed by atoms with Crippen LogP contribution in [0.1, 0.15) is 30.4 Å². The molecule has 2 aliphatic rings. The average Bonchev–Trinajstić information content (AvgIpc) is 3.34. The van der Waals surface area contributed by atoms with E-state index in [0.29, 0.717) is 12.5 Å². The lowest BCUT2D eigenvalue weighted by atomic mass is 10.1. The number of hydrogen-bond acceptors (Lipinski definition) is 2. The average molecular weight is 496 g/mol. The maximum atomic E-state index is 12.7. The molecular formula is C19H28F3IN4. The molecule has 1 aliphatic carbocycles. The van der Waals surface area contributed by atoms with E-state index in [9.17, 15) is 13.2 Å². The summed E-state index contributed by atoms with van der Waals surface area (Å²) in [5.41, 5.74) is 0.206. The summed E-state index contributed by atoms with van der Waals surface area (Å²) >= 11 is 0. The van der Waals surface area contributed by atoms with Gasteiger partial charge in [0.15, 0.2) is 5.96 Å². The Balaban J connectivity index is 0.00000261. The fourth-order valence-electron chi connectivity index (χ4n) is 3.57. The Morgan fingerprint density at radius 1 is 1.22 bits per heavy atom. The number of benzene rings is 1. The van der Waals surface area contributed by atoms with Gasteiger partial charge in [-0.3, -0.25) is 4.99 Å². The number of guanidine groups is 1. The van der Waals surface area contributed by atoms with Gasteiger partial charge in [0, 0.05) is 39.8 Å². The third kappa shape index (κ3) is 6.23. The Hall–Kier alpha value is -1.03. The molecule has 1 aliphatic heterocycles. The summed E-state index contributed by atoms with van der Waals surface area (Å²) in [6.07, 6.45) is -0.393. The molecule has 0 spiro atoms. The van der Waals surface area contributed by atoms with Gasteiger partial charge in [-0.2, -0.15) is 13.2 Å². The first kappa shape index (κ1) is 22.3. The zero-order valence-electron chi connectivity index (χ0n) is 15.8. The van der Waals surface area contributed by atoms with E-state index in [2.05, 4.69) is 15.2 Å². The monoisotopic (exact) mass is 496 g/mol. The van der Waals surface area contributed by atoms with Crippen LogP contribution in [0, 0.1) is 5.92 Å². The number of alkyl halides is 3.